The lowest BCUT2D eigenvalue weighted by Gasteiger charge is -2.10. The van der Waals surface area contributed by atoms with Crippen LogP contribution >= 0.6 is 0 Å². The van der Waals surface area contributed by atoms with E-state index in [0.29, 0.717) is 16.7 Å². The van der Waals surface area contributed by atoms with Crippen LogP contribution in [0.4, 0.5) is 0 Å². The van der Waals surface area contributed by atoms with Crippen molar-refractivity contribution in [2.45, 2.75) is 11.9 Å². The highest BCUT2D eigenvalue weighted by molar-refractivity contribution is 7.85. The molecule has 0 bridgehead atoms. The van der Waals surface area contributed by atoms with Gasteiger partial charge in [0.15, 0.2) is 0 Å². The Hall–Kier alpha value is -2.15. The summed E-state index contributed by atoms with van der Waals surface area (Å²) in [6.45, 7) is -0.349. The molecule has 120 valence electrons. The summed E-state index contributed by atoms with van der Waals surface area (Å²) in [6, 6.07) is 16.0. The molecule has 3 aromatic rings. The van der Waals surface area contributed by atoms with E-state index in [1.165, 1.54) is 6.26 Å². The number of furan rings is 1. The van der Waals surface area contributed by atoms with Crippen molar-refractivity contribution < 1.29 is 22.1 Å². The van der Waals surface area contributed by atoms with E-state index in [1.54, 1.807) is 36.4 Å². The van der Waals surface area contributed by atoms with Crippen molar-refractivity contribution in [1.82, 2.24) is 0 Å². The van der Waals surface area contributed by atoms with Crippen LogP contribution in [0.15, 0.2) is 65.3 Å². The van der Waals surface area contributed by atoms with E-state index < -0.39 is 16.2 Å². The molecule has 0 aliphatic carbocycles. The normalized spacial score (nSPS) is 13.3. The summed E-state index contributed by atoms with van der Waals surface area (Å²) in [6.07, 6.45) is 0.340. The highest BCUT2D eigenvalue weighted by Crippen LogP contribution is 2.26. The Kier molecular flexibility index (Phi) is 4.47. The fourth-order valence-corrected chi connectivity index (χ4v) is 3.35. The van der Waals surface area contributed by atoms with E-state index >= 15 is 0 Å². The molecule has 0 fully saturated rings. The third-order valence-corrected chi connectivity index (χ3v) is 4.64. The molecule has 1 atom stereocenters. The molecular weight excluding hydrogens is 316 g/mol. The Bertz CT molecular complexity index is 884. The second-order valence-electron chi connectivity index (χ2n) is 5.18. The number of hydrogen-bond donors (Lipinski definition) is 1. The lowest BCUT2D eigenvalue weighted by Crippen LogP contribution is -2.14. The summed E-state index contributed by atoms with van der Waals surface area (Å²) in [5.41, 5.74) is 1.78. The minimum atomic E-state index is -3.76. The second kappa shape index (κ2) is 6.54. The van der Waals surface area contributed by atoms with Crippen molar-refractivity contribution in [3.05, 3.63) is 72.0 Å². The van der Waals surface area contributed by atoms with Crippen LogP contribution in [-0.4, -0.2) is 20.1 Å². The summed E-state index contributed by atoms with van der Waals surface area (Å²) in [5.74, 6) is -0.229. The largest absolute Gasteiger partial charge is 0.464 e. The van der Waals surface area contributed by atoms with Gasteiger partial charge in [0.1, 0.15) is 17.4 Å². The summed E-state index contributed by atoms with van der Waals surface area (Å²) in [4.78, 5) is 0. The molecule has 23 heavy (non-hydrogen) atoms. The number of aliphatic hydroxyl groups is 1. The van der Waals surface area contributed by atoms with Gasteiger partial charge in [-0.1, -0.05) is 48.5 Å². The quantitative estimate of drug-likeness (QED) is 0.702. The van der Waals surface area contributed by atoms with Crippen LogP contribution in [0, 0.1) is 0 Å². The lowest BCUT2D eigenvalue weighted by atomic mass is 10.1. The SMILES string of the molecule is O=S(=O)(Cc1ccccc1)OC[C@H](O)c1coc2ccccc12. The third kappa shape index (κ3) is 3.79. The molecule has 0 aliphatic rings. The fourth-order valence-electron chi connectivity index (χ4n) is 2.33. The first kappa shape index (κ1) is 15.7. The molecule has 1 heterocycles. The average molecular weight is 332 g/mol. The maximum atomic E-state index is 12.0. The minimum Gasteiger partial charge on any atom is -0.464 e. The van der Waals surface area contributed by atoms with Gasteiger partial charge in [-0.2, -0.15) is 8.42 Å². The topological polar surface area (TPSA) is 76.7 Å². The van der Waals surface area contributed by atoms with Gasteiger partial charge in [0.2, 0.25) is 0 Å². The number of fused-ring (bicyclic) bond motifs is 1. The fraction of sp³-hybridized carbons (Fsp3) is 0.176. The van der Waals surface area contributed by atoms with Crippen LogP contribution in [-0.2, 0) is 20.1 Å². The van der Waals surface area contributed by atoms with Gasteiger partial charge >= 0.3 is 0 Å². The van der Waals surface area contributed by atoms with Crippen LogP contribution in [0.5, 0.6) is 0 Å². The molecule has 0 radical (unpaired) electrons. The van der Waals surface area contributed by atoms with Crippen molar-refractivity contribution >= 4 is 21.1 Å². The van der Waals surface area contributed by atoms with Crippen molar-refractivity contribution in [2.24, 2.45) is 0 Å². The average Bonchev–Trinajstić information content (AvgIpc) is 2.97. The first-order valence-electron chi connectivity index (χ1n) is 7.10. The zero-order valence-electron chi connectivity index (χ0n) is 12.3. The van der Waals surface area contributed by atoms with E-state index in [4.69, 9.17) is 8.60 Å². The molecule has 1 N–H and O–H groups in total. The van der Waals surface area contributed by atoms with Crippen LogP contribution in [0.1, 0.15) is 17.2 Å². The molecule has 2 aromatic carbocycles. The van der Waals surface area contributed by atoms with E-state index in [2.05, 4.69) is 0 Å². The summed E-state index contributed by atoms with van der Waals surface area (Å²) < 4.78 is 34.2. The number of rotatable bonds is 6. The first-order chi connectivity index (χ1) is 11.1. The highest BCUT2D eigenvalue weighted by Gasteiger charge is 2.19. The minimum absolute atomic E-state index is 0.229. The molecule has 5 nitrogen and oxygen atoms in total. The van der Waals surface area contributed by atoms with Gasteiger partial charge in [0, 0.05) is 10.9 Å². The smallest absolute Gasteiger partial charge is 0.271 e. The summed E-state index contributed by atoms with van der Waals surface area (Å²) >= 11 is 0. The van der Waals surface area contributed by atoms with E-state index in [1.807, 2.05) is 18.2 Å². The van der Waals surface area contributed by atoms with Gasteiger partial charge in [-0.15, -0.1) is 0 Å². The molecule has 1 aromatic heterocycles. The van der Waals surface area contributed by atoms with E-state index in [9.17, 15) is 13.5 Å². The maximum absolute atomic E-state index is 12.0. The molecule has 0 amide bonds. The number of hydrogen-bond acceptors (Lipinski definition) is 5. The zero-order chi connectivity index (χ0) is 16.3. The standard InChI is InChI=1S/C17H16O5S/c18-16(15-10-21-17-9-5-4-8-14(15)17)11-22-23(19,20)12-13-6-2-1-3-7-13/h1-10,16,18H,11-12H2/t16-/m0/s1. The highest BCUT2D eigenvalue weighted by atomic mass is 32.2. The van der Waals surface area contributed by atoms with E-state index in [0.717, 1.165) is 5.39 Å². The Morgan fingerprint density at radius 3 is 2.52 bits per heavy atom. The number of aliphatic hydroxyl groups excluding tert-OH is 1. The van der Waals surface area contributed by atoms with Gasteiger partial charge in [0.05, 0.1) is 12.9 Å². The molecular formula is C17H16O5S. The zero-order valence-corrected chi connectivity index (χ0v) is 13.1. The van der Waals surface area contributed by atoms with Gasteiger partial charge in [0.25, 0.3) is 10.1 Å². The molecule has 0 unspecified atom stereocenters. The van der Waals surface area contributed by atoms with Crippen molar-refractivity contribution in [3.8, 4) is 0 Å². The number of para-hydroxylation sites is 1. The third-order valence-electron chi connectivity index (χ3n) is 3.46. The van der Waals surface area contributed by atoms with Crippen molar-refractivity contribution in [3.63, 3.8) is 0 Å². The van der Waals surface area contributed by atoms with Crippen molar-refractivity contribution in [1.29, 1.82) is 0 Å². The first-order valence-corrected chi connectivity index (χ1v) is 8.68. The predicted molar refractivity (Wildman–Crippen MR) is 86.2 cm³/mol. The van der Waals surface area contributed by atoms with Crippen LogP contribution < -0.4 is 0 Å². The number of benzene rings is 2. The Morgan fingerprint density at radius 1 is 1.04 bits per heavy atom. The summed E-state index contributed by atoms with van der Waals surface area (Å²) in [5, 5.41) is 10.9. The molecule has 0 saturated heterocycles. The molecule has 0 aliphatic heterocycles. The van der Waals surface area contributed by atoms with Gasteiger partial charge in [-0.3, -0.25) is 4.18 Å². The van der Waals surface area contributed by atoms with Gasteiger partial charge < -0.3 is 9.52 Å². The monoisotopic (exact) mass is 332 g/mol. The Morgan fingerprint density at radius 2 is 1.74 bits per heavy atom. The second-order valence-corrected chi connectivity index (χ2v) is 6.81. The van der Waals surface area contributed by atoms with Crippen LogP contribution in [0.3, 0.4) is 0 Å². The molecule has 6 heteroatoms. The molecule has 0 saturated carbocycles. The van der Waals surface area contributed by atoms with E-state index in [-0.39, 0.29) is 12.4 Å². The maximum Gasteiger partial charge on any atom is 0.271 e. The summed E-state index contributed by atoms with van der Waals surface area (Å²) in [7, 11) is -3.76. The molecule has 3 rings (SSSR count). The lowest BCUT2D eigenvalue weighted by molar-refractivity contribution is 0.111. The van der Waals surface area contributed by atoms with Crippen molar-refractivity contribution in [2.75, 3.05) is 6.61 Å². The Labute approximate surface area is 134 Å². The van der Waals surface area contributed by atoms with Crippen LogP contribution in [0.25, 0.3) is 11.0 Å². The van der Waals surface area contributed by atoms with Gasteiger partial charge in [-0.05, 0) is 11.6 Å². The van der Waals surface area contributed by atoms with Gasteiger partial charge in [-0.25, -0.2) is 0 Å². The Balaban J connectivity index is 1.67. The van der Waals surface area contributed by atoms with Crippen LogP contribution in [0.2, 0.25) is 0 Å². The predicted octanol–water partition coefficient (Wildman–Crippen LogP) is 3.01. The molecule has 0 spiro atoms.